The zero-order valence-corrected chi connectivity index (χ0v) is 22.5. The Morgan fingerprint density at radius 2 is 1.79 bits per heavy atom. The summed E-state index contributed by atoms with van der Waals surface area (Å²) in [5, 5.41) is 9.78. The highest BCUT2D eigenvalue weighted by molar-refractivity contribution is 5.68. The van der Waals surface area contributed by atoms with E-state index in [1.807, 2.05) is 6.07 Å². The second-order valence-corrected chi connectivity index (χ2v) is 10.5. The van der Waals surface area contributed by atoms with Gasteiger partial charge >= 0.3 is 0 Å². The van der Waals surface area contributed by atoms with Crippen LogP contribution in [0.25, 0.3) is 11.1 Å². The van der Waals surface area contributed by atoms with Gasteiger partial charge in [0.05, 0.1) is 18.5 Å². The molecule has 1 aromatic heterocycles. The fraction of sp³-hybridized carbons (Fsp3) is 0.333. The molecule has 1 aliphatic carbocycles. The van der Waals surface area contributed by atoms with Gasteiger partial charge in [0.25, 0.3) is 0 Å². The SMILES string of the molecule is Cc1c(COc2cc(OCc3cnccn3)c(CN3CCC3CO)c3c2CCC3)cccc1-c1ccccc1. The molecular weight excluding hydrogens is 486 g/mol. The third kappa shape index (κ3) is 5.40. The molecule has 3 aromatic carbocycles. The lowest BCUT2D eigenvalue weighted by atomic mass is 9.96. The van der Waals surface area contributed by atoms with Gasteiger partial charge in [0, 0.05) is 43.2 Å². The van der Waals surface area contributed by atoms with Crippen LogP contribution in [0.2, 0.25) is 0 Å². The van der Waals surface area contributed by atoms with E-state index in [2.05, 4.69) is 70.3 Å². The van der Waals surface area contributed by atoms with Crippen molar-refractivity contribution in [2.24, 2.45) is 0 Å². The summed E-state index contributed by atoms with van der Waals surface area (Å²) in [6.07, 6.45) is 9.27. The minimum Gasteiger partial charge on any atom is -0.488 e. The van der Waals surface area contributed by atoms with E-state index in [0.29, 0.717) is 13.2 Å². The normalized spacial score (nSPS) is 16.5. The van der Waals surface area contributed by atoms with E-state index >= 15 is 0 Å². The maximum absolute atomic E-state index is 9.78. The minimum atomic E-state index is 0.195. The van der Waals surface area contributed by atoms with Crippen LogP contribution < -0.4 is 9.47 Å². The second-order valence-electron chi connectivity index (χ2n) is 10.5. The fourth-order valence-corrected chi connectivity index (χ4v) is 5.82. The van der Waals surface area contributed by atoms with Crippen molar-refractivity contribution in [2.75, 3.05) is 13.2 Å². The van der Waals surface area contributed by atoms with Crippen LogP contribution in [-0.2, 0) is 32.6 Å². The maximum Gasteiger partial charge on any atom is 0.132 e. The third-order valence-electron chi connectivity index (χ3n) is 8.18. The first kappa shape index (κ1) is 25.5. The molecule has 1 aliphatic heterocycles. The summed E-state index contributed by atoms with van der Waals surface area (Å²) in [6, 6.07) is 19.3. The van der Waals surface area contributed by atoms with Crippen molar-refractivity contribution in [3.05, 3.63) is 107 Å². The van der Waals surface area contributed by atoms with Crippen molar-refractivity contribution in [3.8, 4) is 22.6 Å². The molecule has 1 unspecified atom stereocenters. The number of hydrogen-bond acceptors (Lipinski definition) is 6. The number of aromatic nitrogens is 2. The Morgan fingerprint density at radius 3 is 2.56 bits per heavy atom. The van der Waals surface area contributed by atoms with Crippen LogP contribution in [0, 0.1) is 6.92 Å². The fourth-order valence-electron chi connectivity index (χ4n) is 5.82. The quantitative estimate of drug-likeness (QED) is 0.290. The Hall–Kier alpha value is -3.74. The van der Waals surface area contributed by atoms with Crippen molar-refractivity contribution in [2.45, 2.75) is 58.4 Å². The topological polar surface area (TPSA) is 67.7 Å². The summed E-state index contributed by atoms with van der Waals surface area (Å²) in [5.74, 6) is 1.75. The largest absolute Gasteiger partial charge is 0.488 e. The minimum absolute atomic E-state index is 0.195. The lowest BCUT2D eigenvalue weighted by molar-refractivity contribution is 0.0346. The van der Waals surface area contributed by atoms with E-state index in [9.17, 15) is 5.11 Å². The molecule has 200 valence electrons. The summed E-state index contributed by atoms with van der Waals surface area (Å²) in [6.45, 7) is 5.00. The van der Waals surface area contributed by atoms with Gasteiger partial charge in [0.1, 0.15) is 24.7 Å². The van der Waals surface area contributed by atoms with E-state index < -0.39 is 0 Å². The van der Waals surface area contributed by atoms with Gasteiger partial charge in [-0.05, 0) is 66.0 Å². The van der Waals surface area contributed by atoms with Crippen molar-refractivity contribution in [3.63, 3.8) is 0 Å². The molecule has 1 saturated heterocycles. The molecule has 0 spiro atoms. The molecule has 2 aliphatic rings. The Labute approximate surface area is 230 Å². The molecule has 6 heteroatoms. The van der Waals surface area contributed by atoms with Gasteiger partial charge in [-0.25, -0.2) is 0 Å². The number of fused-ring (bicyclic) bond motifs is 1. The Balaban J connectivity index is 1.30. The van der Waals surface area contributed by atoms with Crippen LogP contribution in [0.3, 0.4) is 0 Å². The summed E-state index contributed by atoms with van der Waals surface area (Å²) in [7, 11) is 0. The second kappa shape index (κ2) is 11.6. The van der Waals surface area contributed by atoms with Gasteiger partial charge in [-0.1, -0.05) is 48.5 Å². The van der Waals surface area contributed by atoms with Gasteiger partial charge in [-0.2, -0.15) is 0 Å². The molecular formula is C33H35N3O3. The van der Waals surface area contributed by atoms with Crippen molar-refractivity contribution in [1.82, 2.24) is 14.9 Å². The smallest absolute Gasteiger partial charge is 0.132 e. The predicted octanol–water partition coefficient (Wildman–Crippen LogP) is 5.67. The van der Waals surface area contributed by atoms with Gasteiger partial charge in [0.2, 0.25) is 0 Å². The lowest BCUT2D eigenvalue weighted by Crippen LogP contribution is -2.49. The highest BCUT2D eigenvalue weighted by Gasteiger charge is 2.31. The molecule has 39 heavy (non-hydrogen) atoms. The van der Waals surface area contributed by atoms with Gasteiger partial charge in [-0.15, -0.1) is 0 Å². The van der Waals surface area contributed by atoms with E-state index in [0.717, 1.165) is 56.0 Å². The molecule has 0 bridgehead atoms. The molecule has 6 rings (SSSR count). The van der Waals surface area contributed by atoms with E-state index in [1.54, 1.807) is 18.6 Å². The molecule has 0 saturated carbocycles. The van der Waals surface area contributed by atoms with Crippen molar-refractivity contribution >= 4 is 0 Å². The lowest BCUT2D eigenvalue weighted by Gasteiger charge is -2.40. The van der Waals surface area contributed by atoms with Crippen LogP contribution in [-0.4, -0.2) is 39.2 Å². The summed E-state index contributed by atoms with van der Waals surface area (Å²) in [4.78, 5) is 10.9. The highest BCUT2D eigenvalue weighted by Crippen LogP contribution is 2.41. The first-order valence-corrected chi connectivity index (χ1v) is 13.9. The number of aliphatic hydroxyl groups excluding tert-OH is 1. The summed E-state index contributed by atoms with van der Waals surface area (Å²) in [5.41, 5.74) is 9.53. The van der Waals surface area contributed by atoms with Crippen LogP contribution in [0.1, 0.15) is 46.4 Å². The van der Waals surface area contributed by atoms with Crippen molar-refractivity contribution < 1.29 is 14.6 Å². The monoisotopic (exact) mass is 521 g/mol. The van der Waals surface area contributed by atoms with Gasteiger partial charge < -0.3 is 14.6 Å². The first-order chi connectivity index (χ1) is 19.2. The standard InChI is InChI=1S/C33H35N3O3/c1-23-25(9-5-10-28(23)24-7-3-2-4-8-24)21-38-32-17-33(39-22-26-18-34-14-15-35-26)31(29-11-6-12-30(29)32)19-36-16-13-27(36)20-37/h2-5,7-10,14-15,17-18,27,37H,6,11-13,16,19-22H2,1H3. The Kier molecular flexibility index (Phi) is 7.57. The third-order valence-corrected chi connectivity index (χ3v) is 8.18. The zero-order valence-electron chi connectivity index (χ0n) is 22.5. The van der Waals surface area contributed by atoms with E-state index in [1.165, 1.54) is 38.9 Å². The number of likely N-dealkylation sites (tertiary alicyclic amines) is 1. The molecule has 1 N–H and O–H groups in total. The van der Waals surface area contributed by atoms with Crippen LogP contribution in [0.5, 0.6) is 11.5 Å². The van der Waals surface area contributed by atoms with E-state index in [4.69, 9.17) is 9.47 Å². The molecule has 1 fully saturated rings. The number of nitrogens with zero attached hydrogens (tertiary/aromatic N) is 3. The average molecular weight is 522 g/mol. The molecule has 2 heterocycles. The molecule has 0 radical (unpaired) electrons. The molecule has 6 nitrogen and oxygen atoms in total. The molecule has 0 amide bonds. The molecule has 1 atom stereocenters. The molecule has 4 aromatic rings. The number of aliphatic hydroxyl groups is 1. The first-order valence-electron chi connectivity index (χ1n) is 13.9. The van der Waals surface area contributed by atoms with E-state index in [-0.39, 0.29) is 12.6 Å². The number of ether oxygens (including phenoxy) is 2. The Morgan fingerprint density at radius 1 is 0.949 bits per heavy atom. The number of benzene rings is 3. The zero-order chi connectivity index (χ0) is 26.6. The number of hydrogen-bond donors (Lipinski definition) is 1. The average Bonchev–Trinajstić information content (AvgIpc) is 3.46. The van der Waals surface area contributed by atoms with Crippen LogP contribution >= 0.6 is 0 Å². The van der Waals surface area contributed by atoms with Crippen LogP contribution in [0.15, 0.2) is 73.2 Å². The summed E-state index contributed by atoms with van der Waals surface area (Å²) >= 11 is 0. The maximum atomic E-state index is 9.78. The number of rotatable bonds is 10. The van der Waals surface area contributed by atoms with Gasteiger partial charge in [-0.3, -0.25) is 14.9 Å². The predicted molar refractivity (Wildman–Crippen MR) is 152 cm³/mol. The van der Waals surface area contributed by atoms with Crippen molar-refractivity contribution in [1.29, 1.82) is 0 Å². The summed E-state index contributed by atoms with van der Waals surface area (Å²) < 4.78 is 13.0. The highest BCUT2D eigenvalue weighted by atomic mass is 16.5. The Bertz CT molecular complexity index is 1420. The van der Waals surface area contributed by atoms with Crippen LogP contribution in [0.4, 0.5) is 0 Å². The van der Waals surface area contributed by atoms with Gasteiger partial charge in [0.15, 0.2) is 0 Å².